The van der Waals surface area contributed by atoms with Crippen molar-refractivity contribution in [3.05, 3.63) is 65.7 Å². The van der Waals surface area contributed by atoms with Gasteiger partial charge in [0.1, 0.15) is 0 Å². The Morgan fingerprint density at radius 2 is 1.77 bits per heavy atom. The van der Waals surface area contributed by atoms with Crippen LogP contribution in [0.1, 0.15) is 54.7 Å². The third-order valence-electron chi connectivity index (χ3n) is 5.88. The predicted octanol–water partition coefficient (Wildman–Crippen LogP) is 6.30. The summed E-state index contributed by atoms with van der Waals surface area (Å²) in [5.74, 6) is 1.21. The fraction of sp³-hybridized carbons (Fsp3) is 0.417. The zero-order valence-corrected chi connectivity index (χ0v) is 15.7. The minimum absolute atomic E-state index is 0.0128. The van der Waals surface area contributed by atoms with E-state index in [2.05, 4.69) is 49.9 Å². The smallest absolute Gasteiger partial charge is 0.0897 e. The molecule has 0 atom stereocenters. The van der Waals surface area contributed by atoms with Crippen molar-refractivity contribution in [3.63, 3.8) is 0 Å². The summed E-state index contributed by atoms with van der Waals surface area (Å²) in [5.41, 5.74) is 6.79. The van der Waals surface area contributed by atoms with Gasteiger partial charge in [-0.2, -0.15) is 0 Å². The Morgan fingerprint density at radius 1 is 1.08 bits per heavy atom. The lowest BCUT2D eigenvalue weighted by Gasteiger charge is -2.28. The quantitative estimate of drug-likeness (QED) is 0.647. The first-order valence-corrected chi connectivity index (χ1v) is 9.68. The molecule has 2 heteroatoms. The number of halogens is 1. The number of aliphatic hydroxyl groups is 1. The summed E-state index contributed by atoms with van der Waals surface area (Å²) in [4.78, 5) is 0. The van der Waals surface area contributed by atoms with Gasteiger partial charge in [0.2, 0.25) is 0 Å². The van der Waals surface area contributed by atoms with Gasteiger partial charge in [-0.15, -0.1) is 0 Å². The largest absolute Gasteiger partial charge is 0.392 e. The van der Waals surface area contributed by atoms with Gasteiger partial charge >= 0.3 is 0 Å². The summed E-state index contributed by atoms with van der Waals surface area (Å²) < 4.78 is 12.5. The Hall–Kier alpha value is -1.93. The third-order valence-corrected chi connectivity index (χ3v) is 5.88. The molecule has 3 rings (SSSR count). The van der Waals surface area contributed by atoms with Crippen LogP contribution < -0.4 is 0 Å². The first-order chi connectivity index (χ1) is 12.6. The van der Waals surface area contributed by atoms with Crippen LogP contribution >= 0.6 is 0 Å². The molecule has 2 aromatic carbocycles. The SMILES string of the molecule is C=C(CO)c1ccc(-c2ccc(C3CCC(CCF)CC3)cc2)c(C)c1. The second-order valence-electron chi connectivity index (χ2n) is 7.61. The topological polar surface area (TPSA) is 20.2 Å². The van der Waals surface area contributed by atoms with E-state index in [1.54, 1.807) is 0 Å². The number of hydrogen-bond acceptors (Lipinski definition) is 1. The molecule has 0 aliphatic heterocycles. The van der Waals surface area contributed by atoms with E-state index in [1.165, 1.54) is 35.1 Å². The van der Waals surface area contributed by atoms with Gasteiger partial charge in [-0.25, -0.2) is 0 Å². The minimum atomic E-state index is -0.173. The van der Waals surface area contributed by atoms with Crippen LogP contribution in [-0.4, -0.2) is 18.4 Å². The zero-order chi connectivity index (χ0) is 18.5. The number of alkyl halides is 1. The summed E-state index contributed by atoms with van der Waals surface area (Å²) in [6.45, 7) is 5.81. The maximum atomic E-state index is 12.5. The maximum absolute atomic E-state index is 12.5. The first kappa shape index (κ1) is 18.8. The molecule has 0 saturated heterocycles. The zero-order valence-electron chi connectivity index (χ0n) is 15.7. The fourth-order valence-corrected chi connectivity index (χ4v) is 4.17. The Kier molecular flexibility index (Phi) is 6.26. The molecule has 2 aromatic rings. The number of aryl methyl sites for hydroxylation is 1. The standard InChI is InChI=1S/C24H29FO/c1-17-15-23(18(2)16-26)11-12-24(17)22-9-7-21(8-10-22)20-5-3-19(4-6-20)13-14-25/h7-12,15,19-20,26H,2-6,13-14,16H2,1H3. The molecule has 0 bridgehead atoms. The molecule has 0 radical (unpaired) electrons. The summed E-state index contributed by atoms with van der Waals surface area (Å²) in [5, 5.41) is 9.25. The molecule has 1 nitrogen and oxygen atoms in total. The summed E-state index contributed by atoms with van der Waals surface area (Å²) in [6.07, 6.45) is 5.42. The normalized spacial score (nSPS) is 20.1. The second-order valence-corrected chi connectivity index (χ2v) is 7.61. The van der Waals surface area contributed by atoms with Crippen LogP contribution in [0.4, 0.5) is 4.39 Å². The molecule has 1 saturated carbocycles. The van der Waals surface area contributed by atoms with Crippen molar-refractivity contribution in [1.82, 2.24) is 0 Å². The van der Waals surface area contributed by atoms with Crippen LogP contribution in [0.25, 0.3) is 16.7 Å². The van der Waals surface area contributed by atoms with Crippen molar-refractivity contribution in [2.24, 2.45) is 5.92 Å². The molecule has 138 valence electrons. The highest BCUT2D eigenvalue weighted by molar-refractivity contribution is 5.72. The van der Waals surface area contributed by atoms with Gasteiger partial charge < -0.3 is 5.11 Å². The molecule has 0 heterocycles. The van der Waals surface area contributed by atoms with E-state index < -0.39 is 0 Å². The van der Waals surface area contributed by atoms with E-state index in [0.717, 1.165) is 30.4 Å². The van der Waals surface area contributed by atoms with Gasteiger partial charge in [0.05, 0.1) is 13.3 Å². The fourth-order valence-electron chi connectivity index (χ4n) is 4.17. The maximum Gasteiger partial charge on any atom is 0.0897 e. The highest BCUT2D eigenvalue weighted by Gasteiger charge is 2.22. The molecular weight excluding hydrogens is 323 g/mol. The lowest BCUT2D eigenvalue weighted by Crippen LogP contribution is -2.13. The Labute approximate surface area is 156 Å². The highest BCUT2D eigenvalue weighted by Crippen LogP contribution is 2.38. The van der Waals surface area contributed by atoms with Gasteiger partial charge in [-0.1, -0.05) is 49.0 Å². The Morgan fingerprint density at radius 3 is 2.35 bits per heavy atom. The van der Waals surface area contributed by atoms with Crippen molar-refractivity contribution in [1.29, 1.82) is 0 Å². The highest BCUT2D eigenvalue weighted by atomic mass is 19.1. The Balaban J connectivity index is 1.71. The monoisotopic (exact) mass is 352 g/mol. The van der Waals surface area contributed by atoms with Crippen LogP contribution in [0.3, 0.4) is 0 Å². The molecule has 0 amide bonds. The van der Waals surface area contributed by atoms with E-state index in [9.17, 15) is 9.50 Å². The van der Waals surface area contributed by atoms with Crippen molar-refractivity contribution in [3.8, 4) is 11.1 Å². The van der Waals surface area contributed by atoms with Crippen molar-refractivity contribution >= 4 is 5.57 Å². The third kappa shape index (κ3) is 4.24. The van der Waals surface area contributed by atoms with Crippen LogP contribution in [-0.2, 0) is 0 Å². The van der Waals surface area contributed by atoms with Crippen molar-refractivity contribution in [2.75, 3.05) is 13.3 Å². The van der Waals surface area contributed by atoms with Gasteiger partial charge in [0.25, 0.3) is 0 Å². The van der Waals surface area contributed by atoms with Crippen LogP contribution in [0.2, 0.25) is 0 Å². The van der Waals surface area contributed by atoms with Gasteiger partial charge in [0, 0.05) is 0 Å². The summed E-state index contributed by atoms with van der Waals surface area (Å²) in [7, 11) is 0. The van der Waals surface area contributed by atoms with Crippen LogP contribution in [0.5, 0.6) is 0 Å². The lowest BCUT2D eigenvalue weighted by atomic mass is 9.77. The average molecular weight is 352 g/mol. The van der Waals surface area contributed by atoms with E-state index in [4.69, 9.17) is 0 Å². The van der Waals surface area contributed by atoms with Crippen LogP contribution in [0.15, 0.2) is 49.0 Å². The van der Waals surface area contributed by atoms with E-state index in [1.807, 2.05) is 6.07 Å². The number of aliphatic hydroxyl groups excluding tert-OH is 1. The molecule has 1 aliphatic rings. The second kappa shape index (κ2) is 8.64. The average Bonchev–Trinajstić information content (AvgIpc) is 2.68. The molecule has 26 heavy (non-hydrogen) atoms. The van der Waals surface area contributed by atoms with Crippen LogP contribution in [0, 0.1) is 12.8 Å². The molecule has 1 fully saturated rings. The van der Waals surface area contributed by atoms with E-state index >= 15 is 0 Å². The number of hydrogen-bond donors (Lipinski definition) is 1. The molecular formula is C24H29FO. The van der Waals surface area contributed by atoms with Gasteiger partial charge in [-0.05, 0) is 84.3 Å². The number of benzene rings is 2. The van der Waals surface area contributed by atoms with Gasteiger partial charge in [-0.3, -0.25) is 4.39 Å². The first-order valence-electron chi connectivity index (χ1n) is 9.68. The summed E-state index contributed by atoms with van der Waals surface area (Å²) >= 11 is 0. The number of rotatable bonds is 6. The van der Waals surface area contributed by atoms with Crippen molar-refractivity contribution < 1.29 is 9.50 Å². The van der Waals surface area contributed by atoms with E-state index in [0.29, 0.717) is 11.8 Å². The minimum Gasteiger partial charge on any atom is -0.392 e. The molecule has 1 N–H and O–H groups in total. The van der Waals surface area contributed by atoms with E-state index in [-0.39, 0.29) is 13.3 Å². The van der Waals surface area contributed by atoms with Crippen molar-refractivity contribution in [2.45, 2.75) is 44.9 Å². The summed E-state index contributed by atoms with van der Waals surface area (Å²) in [6, 6.07) is 15.2. The lowest BCUT2D eigenvalue weighted by molar-refractivity contribution is 0.283. The predicted molar refractivity (Wildman–Crippen MR) is 108 cm³/mol. The molecule has 0 aromatic heterocycles. The molecule has 0 spiro atoms. The molecule has 1 aliphatic carbocycles. The molecule has 0 unspecified atom stereocenters. The van der Waals surface area contributed by atoms with Gasteiger partial charge in [0.15, 0.2) is 0 Å². The Bertz CT molecular complexity index is 739.